The number of anilines is 2. The molecule has 0 aliphatic heterocycles. The number of pyridine rings is 1. The number of halogens is 2. The number of sulfonamides is 1. The van der Waals surface area contributed by atoms with Crippen LogP contribution in [0.1, 0.15) is 0 Å². The van der Waals surface area contributed by atoms with Crippen LogP contribution in [0.25, 0.3) is 0 Å². The Bertz CT molecular complexity index is 752. The van der Waals surface area contributed by atoms with Crippen molar-refractivity contribution in [1.82, 2.24) is 4.98 Å². The summed E-state index contributed by atoms with van der Waals surface area (Å²) in [6, 6.07) is 5.35. The van der Waals surface area contributed by atoms with Gasteiger partial charge in [-0.15, -0.1) is 0 Å². The normalized spacial score (nSPS) is 11.3. The molecule has 0 aliphatic carbocycles. The lowest BCUT2D eigenvalue weighted by Gasteiger charge is -2.21. The number of nitrogens with two attached hydrogens (primary N) is 1. The summed E-state index contributed by atoms with van der Waals surface area (Å²) in [7, 11) is -2.65. The molecular formula is C12H11ClFN3O2S. The van der Waals surface area contributed by atoms with Gasteiger partial charge < -0.3 is 5.73 Å². The van der Waals surface area contributed by atoms with Crippen LogP contribution in [-0.2, 0) is 10.0 Å². The van der Waals surface area contributed by atoms with Crippen molar-refractivity contribution in [1.29, 1.82) is 0 Å². The quantitative estimate of drug-likeness (QED) is 0.882. The third kappa shape index (κ3) is 2.68. The molecule has 0 fully saturated rings. The first-order chi connectivity index (χ1) is 9.32. The number of nitrogens with zero attached hydrogens (tertiary/aromatic N) is 2. The highest BCUT2D eigenvalue weighted by Crippen LogP contribution is 2.30. The van der Waals surface area contributed by atoms with Crippen molar-refractivity contribution in [2.75, 3.05) is 17.1 Å². The fourth-order valence-corrected chi connectivity index (χ4v) is 2.97. The second kappa shape index (κ2) is 5.26. The zero-order valence-electron chi connectivity index (χ0n) is 10.4. The standard InChI is InChI=1S/C12H11ClFN3O2S/c1-17(12-4-8(13)2-3-11(12)15)20(18,19)10-5-9(14)6-16-7-10/h2-7H,15H2,1H3. The van der Waals surface area contributed by atoms with E-state index in [1.165, 1.54) is 19.2 Å². The molecule has 0 aliphatic rings. The van der Waals surface area contributed by atoms with Crippen LogP contribution in [0.15, 0.2) is 41.6 Å². The maximum absolute atomic E-state index is 13.1. The second-order valence-electron chi connectivity index (χ2n) is 4.01. The molecule has 0 spiro atoms. The summed E-state index contributed by atoms with van der Waals surface area (Å²) >= 11 is 5.83. The molecule has 2 N–H and O–H groups in total. The van der Waals surface area contributed by atoms with Crippen LogP contribution in [0.5, 0.6) is 0 Å². The van der Waals surface area contributed by atoms with Crippen LogP contribution < -0.4 is 10.0 Å². The van der Waals surface area contributed by atoms with Gasteiger partial charge in [0, 0.05) is 18.3 Å². The van der Waals surface area contributed by atoms with Crippen molar-refractivity contribution in [2.24, 2.45) is 0 Å². The highest BCUT2D eigenvalue weighted by atomic mass is 35.5. The van der Waals surface area contributed by atoms with Crippen LogP contribution in [0.4, 0.5) is 15.8 Å². The Morgan fingerprint density at radius 2 is 2.00 bits per heavy atom. The molecule has 2 rings (SSSR count). The van der Waals surface area contributed by atoms with E-state index in [-0.39, 0.29) is 16.3 Å². The average molecular weight is 316 g/mol. The van der Waals surface area contributed by atoms with Gasteiger partial charge in [-0.1, -0.05) is 11.6 Å². The summed E-state index contributed by atoms with van der Waals surface area (Å²) in [5, 5.41) is 0.341. The van der Waals surface area contributed by atoms with E-state index in [0.717, 1.165) is 22.8 Å². The minimum Gasteiger partial charge on any atom is -0.397 e. The lowest BCUT2D eigenvalue weighted by molar-refractivity contribution is 0.587. The molecule has 0 saturated carbocycles. The molecule has 5 nitrogen and oxygen atoms in total. The first-order valence-corrected chi connectivity index (χ1v) is 7.28. The number of rotatable bonds is 3. The minimum atomic E-state index is -3.96. The van der Waals surface area contributed by atoms with Gasteiger partial charge in [-0.3, -0.25) is 9.29 Å². The first kappa shape index (κ1) is 14.5. The molecule has 20 heavy (non-hydrogen) atoms. The van der Waals surface area contributed by atoms with Crippen LogP contribution in [0.3, 0.4) is 0 Å². The summed E-state index contributed by atoms with van der Waals surface area (Å²) < 4.78 is 38.8. The molecule has 0 amide bonds. The van der Waals surface area contributed by atoms with Gasteiger partial charge in [-0.05, 0) is 24.3 Å². The molecule has 0 unspecified atom stereocenters. The van der Waals surface area contributed by atoms with Crippen molar-refractivity contribution in [3.63, 3.8) is 0 Å². The molecular weight excluding hydrogens is 305 g/mol. The topological polar surface area (TPSA) is 76.3 Å². The largest absolute Gasteiger partial charge is 0.397 e. The van der Waals surface area contributed by atoms with Crippen molar-refractivity contribution >= 4 is 33.0 Å². The van der Waals surface area contributed by atoms with Crippen LogP contribution >= 0.6 is 11.6 Å². The van der Waals surface area contributed by atoms with Crippen molar-refractivity contribution < 1.29 is 12.8 Å². The van der Waals surface area contributed by atoms with E-state index in [4.69, 9.17) is 17.3 Å². The van der Waals surface area contributed by atoms with Crippen LogP contribution in [-0.4, -0.2) is 20.4 Å². The van der Waals surface area contributed by atoms with Gasteiger partial charge in [0.2, 0.25) is 0 Å². The van der Waals surface area contributed by atoms with Gasteiger partial charge in [0.15, 0.2) is 0 Å². The molecule has 1 aromatic heterocycles. The molecule has 0 atom stereocenters. The highest BCUT2D eigenvalue weighted by Gasteiger charge is 2.23. The number of benzene rings is 1. The predicted octanol–water partition coefficient (Wildman–Crippen LogP) is 2.28. The Labute approximate surface area is 120 Å². The molecule has 1 aromatic carbocycles. The molecule has 1 heterocycles. The van der Waals surface area contributed by atoms with Gasteiger partial charge in [0.05, 0.1) is 17.6 Å². The van der Waals surface area contributed by atoms with Crippen molar-refractivity contribution in [2.45, 2.75) is 4.90 Å². The van der Waals surface area contributed by atoms with E-state index in [1.54, 1.807) is 6.07 Å². The zero-order chi connectivity index (χ0) is 14.9. The van der Waals surface area contributed by atoms with E-state index in [0.29, 0.717) is 5.02 Å². The van der Waals surface area contributed by atoms with E-state index >= 15 is 0 Å². The number of aromatic nitrogens is 1. The van der Waals surface area contributed by atoms with Crippen LogP contribution in [0, 0.1) is 5.82 Å². The Hall–Kier alpha value is -1.86. The monoisotopic (exact) mass is 315 g/mol. The molecule has 8 heteroatoms. The number of nitrogen functional groups attached to an aromatic ring is 1. The molecule has 0 saturated heterocycles. The van der Waals surface area contributed by atoms with E-state index in [2.05, 4.69) is 4.98 Å². The van der Waals surface area contributed by atoms with Gasteiger partial charge in [-0.2, -0.15) is 0 Å². The average Bonchev–Trinajstić information content (AvgIpc) is 2.40. The molecule has 2 aromatic rings. The fraction of sp³-hybridized carbons (Fsp3) is 0.0833. The zero-order valence-corrected chi connectivity index (χ0v) is 12.0. The van der Waals surface area contributed by atoms with Gasteiger partial charge in [0.25, 0.3) is 10.0 Å². The van der Waals surface area contributed by atoms with Crippen molar-refractivity contribution in [3.05, 3.63) is 47.5 Å². The predicted molar refractivity (Wildman–Crippen MR) is 75.6 cm³/mol. The van der Waals surface area contributed by atoms with Crippen molar-refractivity contribution in [3.8, 4) is 0 Å². The van der Waals surface area contributed by atoms with E-state index < -0.39 is 15.8 Å². The van der Waals surface area contributed by atoms with E-state index in [1.807, 2.05) is 0 Å². The third-order valence-corrected chi connectivity index (χ3v) is 4.64. The molecule has 0 bridgehead atoms. The number of hydrogen-bond acceptors (Lipinski definition) is 4. The molecule has 0 radical (unpaired) electrons. The Balaban J connectivity index is 2.51. The number of hydrogen-bond donors (Lipinski definition) is 1. The lowest BCUT2D eigenvalue weighted by Crippen LogP contribution is -2.27. The Morgan fingerprint density at radius 3 is 2.65 bits per heavy atom. The summed E-state index contributed by atoms with van der Waals surface area (Å²) in [4.78, 5) is 3.26. The Morgan fingerprint density at radius 1 is 1.30 bits per heavy atom. The SMILES string of the molecule is CN(c1cc(Cl)ccc1N)S(=O)(=O)c1cncc(F)c1. The summed E-state index contributed by atoms with van der Waals surface area (Å²) in [6.45, 7) is 0. The van der Waals surface area contributed by atoms with Gasteiger partial charge >= 0.3 is 0 Å². The molecule has 106 valence electrons. The third-order valence-electron chi connectivity index (χ3n) is 2.67. The highest BCUT2D eigenvalue weighted by molar-refractivity contribution is 7.92. The van der Waals surface area contributed by atoms with Gasteiger partial charge in [-0.25, -0.2) is 12.8 Å². The summed E-state index contributed by atoms with van der Waals surface area (Å²) in [5.41, 5.74) is 6.19. The maximum Gasteiger partial charge on any atom is 0.265 e. The minimum absolute atomic E-state index is 0.210. The first-order valence-electron chi connectivity index (χ1n) is 5.47. The smallest absolute Gasteiger partial charge is 0.265 e. The van der Waals surface area contributed by atoms with Crippen LogP contribution in [0.2, 0.25) is 5.02 Å². The lowest BCUT2D eigenvalue weighted by atomic mass is 10.3. The van der Waals surface area contributed by atoms with Gasteiger partial charge in [0.1, 0.15) is 10.7 Å². The maximum atomic E-state index is 13.1. The second-order valence-corrected chi connectivity index (χ2v) is 6.42. The van der Waals surface area contributed by atoms with E-state index in [9.17, 15) is 12.8 Å². The fourth-order valence-electron chi connectivity index (χ4n) is 1.61. The Kier molecular flexibility index (Phi) is 3.82. The summed E-state index contributed by atoms with van der Waals surface area (Å²) in [6.07, 6.45) is 1.99. The summed E-state index contributed by atoms with van der Waals surface area (Å²) in [5.74, 6) is -0.737.